The minimum absolute atomic E-state index is 0.234. The van der Waals surface area contributed by atoms with E-state index in [0.29, 0.717) is 0 Å². The molecule has 1 N–H and O–H groups in total. The Bertz CT molecular complexity index is 368. The van der Waals surface area contributed by atoms with Crippen molar-refractivity contribution in [2.24, 2.45) is 0 Å². The number of halogens is 1. The molecule has 2 nitrogen and oxygen atoms in total. The molecule has 0 aliphatic rings. The molecule has 0 saturated heterocycles. The van der Waals surface area contributed by atoms with Gasteiger partial charge in [0.25, 0.3) is 0 Å². The fraction of sp³-hybridized carbons (Fsp3) is 0. The summed E-state index contributed by atoms with van der Waals surface area (Å²) < 4.78 is 12.7. The first-order valence-electron chi connectivity index (χ1n) is 3.61. The van der Waals surface area contributed by atoms with Gasteiger partial charge in [-0.3, -0.25) is 5.10 Å². The lowest BCUT2D eigenvalue weighted by molar-refractivity contribution is 0.628. The van der Waals surface area contributed by atoms with E-state index in [0.717, 1.165) is 11.3 Å². The maximum atomic E-state index is 12.7. The van der Waals surface area contributed by atoms with E-state index in [9.17, 15) is 4.39 Å². The lowest BCUT2D eigenvalue weighted by atomic mass is 10.1. The molecule has 2 aromatic rings. The van der Waals surface area contributed by atoms with Crippen LogP contribution >= 0.6 is 0 Å². The molecule has 0 amide bonds. The molecule has 0 radical (unpaired) electrons. The van der Waals surface area contributed by atoms with Crippen molar-refractivity contribution in [2.45, 2.75) is 0 Å². The summed E-state index contributed by atoms with van der Waals surface area (Å²) >= 11 is 0. The number of rotatable bonds is 1. The molecule has 0 aliphatic heterocycles. The summed E-state index contributed by atoms with van der Waals surface area (Å²) in [7, 11) is 0. The first-order chi connectivity index (χ1) is 5.86. The highest BCUT2D eigenvalue weighted by Crippen LogP contribution is 2.16. The van der Waals surface area contributed by atoms with E-state index in [4.69, 9.17) is 0 Å². The predicted molar refractivity (Wildman–Crippen MR) is 44.0 cm³/mol. The molecule has 0 spiro atoms. The van der Waals surface area contributed by atoms with Crippen LogP contribution in [0, 0.1) is 5.82 Å². The average molecular weight is 162 g/mol. The third-order valence-corrected chi connectivity index (χ3v) is 1.64. The minimum atomic E-state index is -0.234. The van der Waals surface area contributed by atoms with Gasteiger partial charge in [0.05, 0.1) is 5.69 Å². The quantitative estimate of drug-likeness (QED) is 0.684. The van der Waals surface area contributed by atoms with Gasteiger partial charge >= 0.3 is 0 Å². The van der Waals surface area contributed by atoms with Gasteiger partial charge < -0.3 is 0 Å². The molecule has 0 bridgehead atoms. The highest BCUT2D eigenvalue weighted by atomic mass is 19.1. The molecule has 0 atom stereocenters. The SMILES string of the molecule is Fc1cccc(-c2ccn[nH]2)c1. The van der Waals surface area contributed by atoms with Gasteiger partial charge in [0.15, 0.2) is 0 Å². The van der Waals surface area contributed by atoms with Gasteiger partial charge in [0.2, 0.25) is 0 Å². The zero-order chi connectivity index (χ0) is 8.39. The van der Waals surface area contributed by atoms with Crippen LogP contribution in [0.2, 0.25) is 0 Å². The van der Waals surface area contributed by atoms with Crippen LogP contribution in [-0.4, -0.2) is 10.2 Å². The van der Waals surface area contributed by atoms with E-state index in [2.05, 4.69) is 10.2 Å². The lowest BCUT2D eigenvalue weighted by Crippen LogP contribution is -1.79. The summed E-state index contributed by atoms with van der Waals surface area (Å²) in [6.07, 6.45) is 1.64. The highest BCUT2D eigenvalue weighted by Gasteiger charge is 1.98. The summed E-state index contributed by atoms with van der Waals surface area (Å²) in [4.78, 5) is 0. The van der Waals surface area contributed by atoms with Crippen LogP contribution < -0.4 is 0 Å². The minimum Gasteiger partial charge on any atom is -0.278 e. The van der Waals surface area contributed by atoms with E-state index >= 15 is 0 Å². The molecule has 0 aliphatic carbocycles. The number of nitrogens with zero attached hydrogens (tertiary/aromatic N) is 1. The normalized spacial score (nSPS) is 10.1. The average Bonchev–Trinajstić information content (AvgIpc) is 2.56. The lowest BCUT2D eigenvalue weighted by Gasteiger charge is -1.95. The van der Waals surface area contributed by atoms with E-state index in [1.807, 2.05) is 6.07 Å². The number of H-pyrrole nitrogens is 1. The highest BCUT2D eigenvalue weighted by molar-refractivity contribution is 5.58. The van der Waals surface area contributed by atoms with Crippen molar-refractivity contribution in [3.63, 3.8) is 0 Å². The predicted octanol–water partition coefficient (Wildman–Crippen LogP) is 2.22. The number of benzene rings is 1. The molecule has 1 heterocycles. The van der Waals surface area contributed by atoms with Crippen molar-refractivity contribution < 1.29 is 4.39 Å². The molecule has 0 saturated carbocycles. The third kappa shape index (κ3) is 1.21. The van der Waals surface area contributed by atoms with Crippen LogP contribution in [0.15, 0.2) is 36.5 Å². The summed E-state index contributed by atoms with van der Waals surface area (Å²) in [5.74, 6) is -0.234. The Balaban J connectivity index is 2.48. The van der Waals surface area contributed by atoms with Crippen LogP contribution in [0.1, 0.15) is 0 Å². The van der Waals surface area contributed by atoms with Crippen LogP contribution in [0.3, 0.4) is 0 Å². The number of hydrogen-bond donors (Lipinski definition) is 1. The van der Waals surface area contributed by atoms with Crippen molar-refractivity contribution in [1.82, 2.24) is 10.2 Å². The van der Waals surface area contributed by atoms with E-state index < -0.39 is 0 Å². The number of aromatic amines is 1. The molecule has 1 aromatic heterocycles. The fourth-order valence-electron chi connectivity index (χ4n) is 1.07. The standard InChI is InChI=1S/C9H7FN2/c10-8-3-1-2-7(6-8)9-4-5-11-12-9/h1-6H,(H,11,12). The van der Waals surface area contributed by atoms with Crippen LogP contribution in [0.5, 0.6) is 0 Å². The van der Waals surface area contributed by atoms with Crippen molar-refractivity contribution in [3.8, 4) is 11.3 Å². The van der Waals surface area contributed by atoms with Gasteiger partial charge in [-0.25, -0.2) is 4.39 Å². The number of aromatic nitrogens is 2. The van der Waals surface area contributed by atoms with Gasteiger partial charge in [0.1, 0.15) is 5.82 Å². The molecular weight excluding hydrogens is 155 g/mol. The van der Waals surface area contributed by atoms with Gasteiger partial charge in [-0.1, -0.05) is 12.1 Å². The molecule has 0 fully saturated rings. The maximum Gasteiger partial charge on any atom is 0.123 e. The zero-order valence-corrected chi connectivity index (χ0v) is 6.29. The Kier molecular flexibility index (Phi) is 1.63. The monoisotopic (exact) mass is 162 g/mol. The van der Waals surface area contributed by atoms with Gasteiger partial charge in [-0.2, -0.15) is 5.10 Å². The van der Waals surface area contributed by atoms with Gasteiger partial charge in [0, 0.05) is 11.8 Å². The first kappa shape index (κ1) is 7.03. The summed E-state index contributed by atoms with van der Waals surface area (Å²) in [6, 6.07) is 8.18. The summed E-state index contributed by atoms with van der Waals surface area (Å²) in [5.41, 5.74) is 1.64. The van der Waals surface area contributed by atoms with Crippen molar-refractivity contribution in [1.29, 1.82) is 0 Å². The van der Waals surface area contributed by atoms with Gasteiger partial charge in [-0.15, -0.1) is 0 Å². The molecule has 60 valence electrons. The van der Waals surface area contributed by atoms with Gasteiger partial charge in [-0.05, 0) is 18.2 Å². The van der Waals surface area contributed by atoms with Crippen LogP contribution in [0.4, 0.5) is 4.39 Å². The van der Waals surface area contributed by atoms with Crippen molar-refractivity contribution in [3.05, 3.63) is 42.3 Å². The van der Waals surface area contributed by atoms with Crippen molar-refractivity contribution in [2.75, 3.05) is 0 Å². The second kappa shape index (κ2) is 2.77. The second-order valence-electron chi connectivity index (χ2n) is 2.48. The van der Waals surface area contributed by atoms with Crippen LogP contribution in [-0.2, 0) is 0 Å². The molecular formula is C9H7FN2. The smallest absolute Gasteiger partial charge is 0.123 e. The largest absolute Gasteiger partial charge is 0.278 e. The Morgan fingerprint density at radius 3 is 2.83 bits per heavy atom. The maximum absolute atomic E-state index is 12.7. The Morgan fingerprint density at radius 2 is 2.17 bits per heavy atom. The van der Waals surface area contributed by atoms with E-state index in [1.54, 1.807) is 18.3 Å². The molecule has 2 rings (SSSR count). The molecule has 0 unspecified atom stereocenters. The number of hydrogen-bond acceptors (Lipinski definition) is 1. The Labute approximate surface area is 69.1 Å². The van der Waals surface area contributed by atoms with E-state index in [1.165, 1.54) is 12.1 Å². The third-order valence-electron chi connectivity index (χ3n) is 1.64. The Morgan fingerprint density at radius 1 is 1.25 bits per heavy atom. The second-order valence-corrected chi connectivity index (χ2v) is 2.48. The van der Waals surface area contributed by atoms with Crippen LogP contribution in [0.25, 0.3) is 11.3 Å². The molecule has 1 aromatic carbocycles. The fourth-order valence-corrected chi connectivity index (χ4v) is 1.07. The summed E-state index contributed by atoms with van der Waals surface area (Å²) in [6.45, 7) is 0. The Hall–Kier alpha value is -1.64. The van der Waals surface area contributed by atoms with E-state index in [-0.39, 0.29) is 5.82 Å². The topological polar surface area (TPSA) is 28.7 Å². The zero-order valence-electron chi connectivity index (χ0n) is 6.29. The molecule has 3 heteroatoms. The van der Waals surface area contributed by atoms with Crippen molar-refractivity contribution >= 4 is 0 Å². The summed E-state index contributed by atoms with van der Waals surface area (Å²) in [5, 5.41) is 6.54. The molecule has 12 heavy (non-hydrogen) atoms. The number of nitrogens with one attached hydrogen (secondary N) is 1. The first-order valence-corrected chi connectivity index (χ1v) is 3.61.